The van der Waals surface area contributed by atoms with Crippen molar-refractivity contribution in [1.82, 2.24) is 0 Å². The predicted octanol–water partition coefficient (Wildman–Crippen LogP) is 3.88. The third-order valence-corrected chi connectivity index (χ3v) is 3.21. The van der Waals surface area contributed by atoms with Crippen molar-refractivity contribution in [2.24, 2.45) is 0 Å². The van der Waals surface area contributed by atoms with Crippen LogP contribution in [0.3, 0.4) is 0 Å². The highest BCUT2D eigenvalue weighted by Crippen LogP contribution is 2.21. The Bertz CT molecular complexity index is 505. The van der Waals surface area contributed by atoms with Crippen LogP contribution in [0.4, 0.5) is 0 Å². The second-order valence-corrected chi connectivity index (χ2v) is 5.04. The molecule has 0 fully saturated rings. The van der Waals surface area contributed by atoms with Crippen LogP contribution in [0, 0.1) is 3.57 Å². The Morgan fingerprint density at radius 3 is 2.73 bits per heavy atom. The maximum atomic E-state index is 12.0. The van der Waals surface area contributed by atoms with E-state index in [4.69, 9.17) is 4.42 Å². The van der Waals surface area contributed by atoms with Gasteiger partial charge in [-0.3, -0.25) is 4.79 Å². The quantitative estimate of drug-likeness (QED) is 0.588. The first-order valence-electron chi connectivity index (χ1n) is 4.22. The Morgan fingerprint density at radius 1 is 1.33 bits per heavy atom. The molecule has 2 aromatic rings. The maximum absolute atomic E-state index is 12.0. The minimum Gasteiger partial charge on any atom is -0.460 e. The average molecular weight is 377 g/mol. The standard InChI is InChI=1S/C11H6BrIO2/c12-9-4-5-15-11(9)10(14)7-2-1-3-8(13)6-7/h1-6H. The van der Waals surface area contributed by atoms with Crippen LogP contribution in [-0.4, -0.2) is 5.78 Å². The smallest absolute Gasteiger partial charge is 0.229 e. The first kappa shape index (κ1) is 10.9. The van der Waals surface area contributed by atoms with Crippen LogP contribution in [0.2, 0.25) is 0 Å². The molecular weight excluding hydrogens is 371 g/mol. The Morgan fingerprint density at radius 2 is 2.13 bits per heavy atom. The number of furan rings is 1. The number of rotatable bonds is 2. The van der Waals surface area contributed by atoms with Gasteiger partial charge in [0.1, 0.15) is 0 Å². The van der Waals surface area contributed by atoms with Crippen molar-refractivity contribution in [3.63, 3.8) is 0 Å². The van der Waals surface area contributed by atoms with Crippen LogP contribution in [0.15, 0.2) is 45.5 Å². The Balaban J connectivity index is 2.41. The zero-order valence-electron chi connectivity index (χ0n) is 7.54. The van der Waals surface area contributed by atoms with E-state index in [2.05, 4.69) is 38.5 Å². The van der Waals surface area contributed by atoms with Crippen molar-refractivity contribution in [2.45, 2.75) is 0 Å². The molecule has 1 aromatic heterocycles. The summed E-state index contributed by atoms with van der Waals surface area (Å²) in [6.07, 6.45) is 1.49. The van der Waals surface area contributed by atoms with E-state index >= 15 is 0 Å². The Labute approximate surface area is 109 Å². The number of hydrogen-bond donors (Lipinski definition) is 0. The largest absolute Gasteiger partial charge is 0.460 e. The normalized spacial score (nSPS) is 10.3. The molecule has 0 bridgehead atoms. The fourth-order valence-corrected chi connectivity index (χ4v) is 2.14. The lowest BCUT2D eigenvalue weighted by Crippen LogP contribution is -2.00. The lowest BCUT2D eigenvalue weighted by Gasteiger charge is -1.98. The third kappa shape index (κ3) is 2.31. The highest BCUT2D eigenvalue weighted by molar-refractivity contribution is 14.1. The van der Waals surface area contributed by atoms with Crippen molar-refractivity contribution in [1.29, 1.82) is 0 Å². The van der Waals surface area contributed by atoms with Gasteiger partial charge in [0.15, 0.2) is 5.76 Å². The summed E-state index contributed by atoms with van der Waals surface area (Å²) in [6.45, 7) is 0. The monoisotopic (exact) mass is 376 g/mol. The van der Waals surface area contributed by atoms with E-state index in [9.17, 15) is 4.79 Å². The van der Waals surface area contributed by atoms with E-state index in [1.165, 1.54) is 6.26 Å². The van der Waals surface area contributed by atoms with Gasteiger partial charge >= 0.3 is 0 Å². The number of carbonyl (C=O) groups excluding carboxylic acids is 1. The minimum absolute atomic E-state index is 0.106. The van der Waals surface area contributed by atoms with Gasteiger partial charge in [0.25, 0.3) is 0 Å². The van der Waals surface area contributed by atoms with Crippen molar-refractivity contribution in [3.8, 4) is 0 Å². The van der Waals surface area contributed by atoms with Gasteiger partial charge in [-0.15, -0.1) is 0 Å². The fraction of sp³-hybridized carbons (Fsp3) is 0. The SMILES string of the molecule is O=C(c1cccc(I)c1)c1occc1Br. The molecule has 0 aliphatic rings. The van der Waals surface area contributed by atoms with Gasteiger partial charge in [-0.1, -0.05) is 12.1 Å². The second kappa shape index (κ2) is 4.49. The van der Waals surface area contributed by atoms with Crippen LogP contribution < -0.4 is 0 Å². The van der Waals surface area contributed by atoms with E-state index in [-0.39, 0.29) is 5.78 Å². The summed E-state index contributed by atoms with van der Waals surface area (Å²) in [5.74, 6) is 0.238. The van der Waals surface area contributed by atoms with Crippen LogP contribution >= 0.6 is 38.5 Å². The van der Waals surface area contributed by atoms with Crippen LogP contribution in [0.1, 0.15) is 16.1 Å². The van der Waals surface area contributed by atoms with Crippen LogP contribution in [0.25, 0.3) is 0 Å². The molecule has 0 N–H and O–H groups in total. The summed E-state index contributed by atoms with van der Waals surface area (Å²) in [5, 5.41) is 0. The highest BCUT2D eigenvalue weighted by atomic mass is 127. The van der Waals surface area contributed by atoms with E-state index in [1.54, 1.807) is 12.1 Å². The zero-order valence-corrected chi connectivity index (χ0v) is 11.3. The summed E-state index contributed by atoms with van der Waals surface area (Å²) in [7, 11) is 0. The highest BCUT2D eigenvalue weighted by Gasteiger charge is 2.15. The average Bonchev–Trinajstić information content (AvgIpc) is 2.63. The summed E-state index contributed by atoms with van der Waals surface area (Å²) < 4.78 is 6.84. The van der Waals surface area contributed by atoms with Gasteiger partial charge in [0, 0.05) is 9.13 Å². The molecule has 0 spiro atoms. The summed E-state index contributed by atoms with van der Waals surface area (Å²) in [4.78, 5) is 12.0. The van der Waals surface area contributed by atoms with Crippen molar-refractivity contribution >= 4 is 44.3 Å². The molecule has 15 heavy (non-hydrogen) atoms. The molecule has 0 amide bonds. The molecule has 0 atom stereocenters. The first-order chi connectivity index (χ1) is 7.18. The van der Waals surface area contributed by atoms with E-state index in [0.717, 1.165) is 3.57 Å². The van der Waals surface area contributed by atoms with Gasteiger partial charge < -0.3 is 4.42 Å². The lowest BCUT2D eigenvalue weighted by molar-refractivity contribution is 0.101. The van der Waals surface area contributed by atoms with Crippen LogP contribution in [0.5, 0.6) is 0 Å². The number of carbonyl (C=O) groups is 1. The topological polar surface area (TPSA) is 30.2 Å². The van der Waals surface area contributed by atoms with E-state index in [0.29, 0.717) is 15.8 Å². The lowest BCUT2D eigenvalue weighted by atomic mass is 10.1. The van der Waals surface area contributed by atoms with Gasteiger partial charge in [0.05, 0.1) is 10.7 Å². The van der Waals surface area contributed by atoms with Crippen molar-refractivity contribution < 1.29 is 9.21 Å². The van der Waals surface area contributed by atoms with Crippen molar-refractivity contribution in [3.05, 3.63) is 56.0 Å². The summed E-state index contributed by atoms with van der Waals surface area (Å²) >= 11 is 5.44. The molecule has 4 heteroatoms. The molecule has 2 rings (SSSR count). The molecule has 0 saturated heterocycles. The molecule has 0 aliphatic carbocycles. The second-order valence-electron chi connectivity index (χ2n) is 2.94. The minimum atomic E-state index is -0.106. The van der Waals surface area contributed by atoms with Gasteiger partial charge in [0.2, 0.25) is 5.78 Å². The molecule has 2 nitrogen and oxygen atoms in total. The number of halogens is 2. The Kier molecular flexibility index (Phi) is 3.25. The molecule has 1 aromatic carbocycles. The number of hydrogen-bond acceptors (Lipinski definition) is 2. The summed E-state index contributed by atoms with van der Waals surface area (Å²) in [6, 6.07) is 9.11. The number of benzene rings is 1. The molecule has 1 heterocycles. The summed E-state index contributed by atoms with van der Waals surface area (Å²) in [5.41, 5.74) is 0.637. The van der Waals surface area contributed by atoms with Crippen molar-refractivity contribution in [2.75, 3.05) is 0 Å². The van der Waals surface area contributed by atoms with Crippen LogP contribution in [-0.2, 0) is 0 Å². The first-order valence-corrected chi connectivity index (χ1v) is 6.09. The molecule has 76 valence electrons. The maximum Gasteiger partial charge on any atom is 0.229 e. The predicted molar refractivity (Wildman–Crippen MR) is 69.0 cm³/mol. The molecule has 0 saturated carbocycles. The molecule has 0 aliphatic heterocycles. The van der Waals surface area contributed by atoms with E-state index in [1.807, 2.05) is 18.2 Å². The Hall–Kier alpha value is -0.620. The van der Waals surface area contributed by atoms with Gasteiger partial charge in [-0.25, -0.2) is 0 Å². The fourth-order valence-electron chi connectivity index (χ4n) is 1.22. The third-order valence-electron chi connectivity index (χ3n) is 1.91. The zero-order chi connectivity index (χ0) is 10.8. The van der Waals surface area contributed by atoms with Gasteiger partial charge in [-0.2, -0.15) is 0 Å². The van der Waals surface area contributed by atoms with Gasteiger partial charge in [-0.05, 0) is 56.7 Å². The van der Waals surface area contributed by atoms with E-state index < -0.39 is 0 Å². The molecule has 0 unspecified atom stereocenters. The number of ketones is 1. The molecule has 0 radical (unpaired) electrons. The molecular formula is C11H6BrIO2.